The summed E-state index contributed by atoms with van der Waals surface area (Å²) in [6, 6.07) is 15.0. The molecule has 0 bridgehead atoms. The maximum absolute atomic E-state index is 9.60. The minimum atomic E-state index is 0.0719. The maximum Gasteiger partial charge on any atom is 0.227 e. The van der Waals surface area contributed by atoms with Crippen molar-refractivity contribution < 1.29 is 9.47 Å². The zero-order valence-electron chi connectivity index (χ0n) is 16.2. The number of ether oxygens (including phenoxy) is 2. The lowest BCUT2D eigenvalue weighted by Crippen LogP contribution is -2.26. The van der Waals surface area contributed by atoms with Gasteiger partial charge in [0.1, 0.15) is 17.9 Å². The van der Waals surface area contributed by atoms with Crippen LogP contribution in [0.5, 0.6) is 5.75 Å². The standard InChI is InChI=1S/C22H21N5O2S/c23-13-15-11-14(1-3-20(15)29-17-6-9-28-10-7-17)19-5-8-25-22(27-19)26-16-2-4-21(30)18(24)12-16/h1-5,8,11-12,17,30H,6-7,9-10,24H2,(H,25,26,27). The van der Waals surface area contributed by atoms with Crippen LogP contribution < -0.4 is 15.8 Å². The van der Waals surface area contributed by atoms with Gasteiger partial charge in [-0.15, -0.1) is 12.6 Å². The number of anilines is 3. The predicted octanol–water partition coefficient (Wildman–Crippen LogP) is 4.19. The smallest absolute Gasteiger partial charge is 0.227 e. The van der Waals surface area contributed by atoms with Crippen LogP contribution in [0.4, 0.5) is 17.3 Å². The monoisotopic (exact) mass is 419 g/mol. The Balaban J connectivity index is 1.55. The number of hydrogen-bond acceptors (Lipinski definition) is 8. The van der Waals surface area contributed by atoms with Gasteiger partial charge in [-0.25, -0.2) is 9.97 Å². The van der Waals surface area contributed by atoms with E-state index in [1.807, 2.05) is 18.2 Å². The summed E-state index contributed by atoms with van der Waals surface area (Å²) < 4.78 is 11.4. The van der Waals surface area contributed by atoms with E-state index in [0.717, 1.165) is 24.1 Å². The van der Waals surface area contributed by atoms with E-state index >= 15 is 0 Å². The molecule has 30 heavy (non-hydrogen) atoms. The van der Waals surface area contributed by atoms with Crippen molar-refractivity contribution in [1.82, 2.24) is 9.97 Å². The summed E-state index contributed by atoms with van der Waals surface area (Å²) in [6.45, 7) is 1.37. The van der Waals surface area contributed by atoms with Crippen LogP contribution in [-0.4, -0.2) is 29.3 Å². The zero-order chi connectivity index (χ0) is 20.9. The van der Waals surface area contributed by atoms with Crippen LogP contribution in [0.3, 0.4) is 0 Å². The topological polar surface area (TPSA) is 106 Å². The van der Waals surface area contributed by atoms with Gasteiger partial charge in [-0.3, -0.25) is 0 Å². The molecule has 0 unspecified atom stereocenters. The molecule has 0 radical (unpaired) electrons. The summed E-state index contributed by atoms with van der Waals surface area (Å²) in [4.78, 5) is 9.54. The van der Waals surface area contributed by atoms with Crippen molar-refractivity contribution in [2.45, 2.75) is 23.8 Å². The Morgan fingerprint density at radius 1 is 1.17 bits per heavy atom. The van der Waals surface area contributed by atoms with Gasteiger partial charge in [-0.1, -0.05) is 0 Å². The lowest BCUT2D eigenvalue weighted by Gasteiger charge is -2.23. The first-order valence-corrected chi connectivity index (χ1v) is 10.0. The molecule has 0 amide bonds. The number of nitrogens with one attached hydrogen (secondary N) is 1. The second kappa shape index (κ2) is 9.03. The second-order valence-electron chi connectivity index (χ2n) is 6.92. The molecule has 0 aliphatic carbocycles. The average Bonchev–Trinajstić information content (AvgIpc) is 2.77. The molecule has 3 N–H and O–H groups in total. The van der Waals surface area contributed by atoms with Crippen molar-refractivity contribution in [3.63, 3.8) is 0 Å². The fourth-order valence-corrected chi connectivity index (χ4v) is 3.33. The molecule has 4 rings (SSSR count). The van der Waals surface area contributed by atoms with Crippen LogP contribution in [0.2, 0.25) is 0 Å². The van der Waals surface area contributed by atoms with Gasteiger partial charge >= 0.3 is 0 Å². The first kappa shape index (κ1) is 20.0. The maximum atomic E-state index is 9.60. The van der Waals surface area contributed by atoms with Crippen molar-refractivity contribution in [3.05, 3.63) is 54.2 Å². The normalized spacial score (nSPS) is 14.1. The third kappa shape index (κ3) is 4.64. The first-order chi connectivity index (χ1) is 14.6. The highest BCUT2D eigenvalue weighted by Crippen LogP contribution is 2.28. The van der Waals surface area contributed by atoms with E-state index < -0.39 is 0 Å². The Bertz CT molecular complexity index is 1090. The molecule has 1 saturated heterocycles. The number of nitrogens with two attached hydrogens (primary N) is 1. The fraction of sp³-hybridized carbons (Fsp3) is 0.227. The lowest BCUT2D eigenvalue weighted by atomic mass is 10.1. The molecule has 0 spiro atoms. The van der Waals surface area contributed by atoms with Crippen molar-refractivity contribution >= 4 is 30.0 Å². The summed E-state index contributed by atoms with van der Waals surface area (Å²) in [5, 5.41) is 12.7. The number of nitrogen functional groups attached to an aromatic ring is 1. The Kier molecular flexibility index (Phi) is 6.02. The van der Waals surface area contributed by atoms with Gasteiger partial charge in [-0.05, 0) is 42.5 Å². The highest BCUT2D eigenvalue weighted by Gasteiger charge is 2.17. The Morgan fingerprint density at radius 3 is 2.77 bits per heavy atom. The summed E-state index contributed by atoms with van der Waals surface area (Å²) in [5.74, 6) is 1.02. The van der Waals surface area contributed by atoms with Gasteiger partial charge in [0, 0.05) is 40.9 Å². The highest BCUT2D eigenvalue weighted by molar-refractivity contribution is 7.80. The van der Waals surface area contributed by atoms with Crippen LogP contribution in [-0.2, 0) is 4.74 Å². The van der Waals surface area contributed by atoms with Crippen molar-refractivity contribution in [2.75, 3.05) is 24.3 Å². The number of aromatic nitrogens is 2. The average molecular weight is 420 g/mol. The Labute approximate surface area is 180 Å². The SMILES string of the molecule is N#Cc1cc(-c2ccnc(Nc3ccc(S)c(N)c3)n2)ccc1OC1CCOCC1. The number of benzene rings is 2. The quantitative estimate of drug-likeness (QED) is 0.421. The molecule has 2 heterocycles. The summed E-state index contributed by atoms with van der Waals surface area (Å²) in [7, 11) is 0. The van der Waals surface area contributed by atoms with Crippen LogP contribution in [0.25, 0.3) is 11.3 Å². The molecule has 1 aliphatic heterocycles. The van der Waals surface area contributed by atoms with Crippen molar-refractivity contribution in [3.8, 4) is 23.1 Å². The first-order valence-electron chi connectivity index (χ1n) is 9.60. The molecule has 0 atom stereocenters. The predicted molar refractivity (Wildman–Crippen MR) is 118 cm³/mol. The largest absolute Gasteiger partial charge is 0.489 e. The van der Waals surface area contributed by atoms with Crippen molar-refractivity contribution in [2.24, 2.45) is 0 Å². The van der Waals surface area contributed by atoms with E-state index in [1.165, 1.54) is 0 Å². The number of rotatable bonds is 5. The Morgan fingerprint density at radius 2 is 2.00 bits per heavy atom. The summed E-state index contributed by atoms with van der Waals surface area (Å²) in [6.07, 6.45) is 3.39. The molecule has 8 heteroatoms. The van der Waals surface area contributed by atoms with E-state index in [-0.39, 0.29) is 6.10 Å². The van der Waals surface area contributed by atoms with Gasteiger partial charge in [-0.2, -0.15) is 5.26 Å². The number of hydrogen-bond donors (Lipinski definition) is 3. The highest BCUT2D eigenvalue weighted by atomic mass is 32.1. The van der Waals surface area contributed by atoms with Crippen molar-refractivity contribution in [1.29, 1.82) is 5.26 Å². The molecule has 1 aromatic heterocycles. The molecule has 1 fully saturated rings. The fourth-order valence-electron chi connectivity index (χ4n) is 3.19. The minimum Gasteiger partial charge on any atom is -0.489 e. The molecule has 152 valence electrons. The third-order valence-corrected chi connectivity index (χ3v) is 5.20. The van der Waals surface area contributed by atoms with Crippen LogP contribution in [0.15, 0.2) is 53.6 Å². The zero-order valence-corrected chi connectivity index (χ0v) is 17.1. The van der Waals surface area contributed by atoms with E-state index in [4.69, 9.17) is 15.2 Å². The number of thiol groups is 1. The van der Waals surface area contributed by atoms with Gasteiger partial charge in [0.25, 0.3) is 0 Å². The van der Waals surface area contributed by atoms with E-state index in [2.05, 4.69) is 34.0 Å². The molecular formula is C22H21N5O2S. The number of nitrogens with zero attached hydrogens (tertiary/aromatic N) is 3. The molecule has 7 nitrogen and oxygen atoms in total. The number of nitriles is 1. The van der Waals surface area contributed by atoms with E-state index in [9.17, 15) is 5.26 Å². The van der Waals surface area contributed by atoms with Gasteiger partial charge in [0.2, 0.25) is 5.95 Å². The Hall–Kier alpha value is -3.28. The van der Waals surface area contributed by atoms with Crippen LogP contribution in [0, 0.1) is 11.3 Å². The van der Waals surface area contributed by atoms with E-state index in [0.29, 0.717) is 46.8 Å². The van der Waals surface area contributed by atoms with Gasteiger partial charge in [0.15, 0.2) is 0 Å². The minimum absolute atomic E-state index is 0.0719. The van der Waals surface area contributed by atoms with Crippen LogP contribution >= 0.6 is 12.6 Å². The molecule has 3 aromatic rings. The molecule has 2 aromatic carbocycles. The van der Waals surface area contributed by atoms with Gasteiger partial charge < -0.3 is 20.5 Å². The summed E-state index contributed by atoms with van der Waals surface area (Å²) >= 11 is 4.28. The van der Waals surface area contributed by atoms with Crippen LogP contribution in [0.1, 0.15) is 18.4 Å². The van der Waals surface area contributed by atoms with E-state index in [1.54, 1.807) is 30.5 Å². The third-order valence-electron chi connectivity index (χ3n) is 4.80. The molecular weight excluding hydrogens is 398 g/mol. The lowest BCUT2D eigenvalue weighted by molar-refractivity contribution is 0.0254. The second-order valence-corrected chi connectivity index (χ2v) is 7.40. The molecule has 1 aliphatic rings. The summed E-state index contributed by atoms with van der Waals surface area (Å²) in [5.41, 5.74) is 9.21. The van der Waals surface area contributed by atoms with Gasteiger partial charge in [0.05, 0.1) is 24.5 Å². The molecule has 0 saturated carbocycles.